The van der Waals surface area contributed by atoms with Gasteiger partial charge in [0.05, 0.1) is 5.57 Å². The van der Waals surface area contributed by atoms with E-state index in [1.165, 1.54) is 17.5 Å². The van der Waals surface area contributed by atoms with Gasteiger partial charge in [-0.25, -0.2) is 4.98 Å². The lowest BCUT2D eigenvalue weighted by Gasteiger charge is -1.95. The minimum absolute atomic E-state index is 0.0440. The van der Waals surface area contributed by atoms with E-state index in [-0.39, 0.29) is 5.57 Å². The summed E-state index contributed by atoms with van der Waals surface area (Å²) in [7, 11) is 0. The molecule has 13 heavy (non-hydrogen) atoms. The largest absolute Gasteiger partial charge is 0.366 e. The molecule has 1 heterocycles. The lowest BCUT2D eigenvalue weighted by Crippen LogP contribution is -2.16. The van der Waals surface area contributed by atoms with Crippen LogP contribution < -0.4 is 11.5 Å². The van der Waals surface area contributed by atoms with Crippen molar-refractivity contribution in [1.82, 2.24) is 4.98 Å². The standard InChI is InChI=1S/C7H7N3O2S/c8-5(11)3-4(6(9)12)7-10-1-2-13-7/h1-3H,(H2,8,11)(H2,9,12)/b4-3-. The highest BCUT2D eigenvalue weighted by Gasteiger charge is 2.11. The van der Waals surface area contributed by atoms with Gasteiger partial charge < -0.3 is 11.5 Å². The fourth-order valence-electron chi connectivity index (χ4n) is 0.737. The van der Waals surface area contributed by atoms with E-state index in [9.17, 15) is 9.59 Å². The summed E-state index contributed by atoms with van der Waals surface area (Å²) < 4.78 is 0. The number of rotatable bonds is 3. The van der Waals surface area contributed by atoms with Crippen molar-refractivity contribution in [2.75, 3.05) is 0 Å². The Kier molecular flexibility index (Phi) is 2.76. The quantitative estimate of drug-likeness (QED) is 0.639. The second-order valence-electron chi connectivity index (χ2n) is 2.16. The maximum Gasteiger partial charge on any atom is 0.251 e. The Morgan fingerprint density at radius 3 is 2.54 bits per heavy atom. The number of aromatic nitrogens is 1. The van der Waals surface area contributed by atoms with Crippen LogP contribution in [0, 0.1) is 0 Å². The number of carbonyl (C=O) groups is 2. The van der Waals surface area contributed by atoms with Gasteiger partial charge in [0.15, 0.2) is 0 Å². The third-order valence-electron chi connectivity index (χ3n) is 1.21. The average molecular weight is 197 g/mol. The van der Waals surface area contributed by atoms with E-state index in [2.05, 4.69) is 4.98 Å². The van der Waals surface area contributed by atoms with Gasteiger partial charge in [-0.15, -0.1) is 11.3 Å². The number of nitrogens with two attached hydrogens (primary N) is 2. The fourth-order valence-corrected chi connectivity index (χ4v) is 1.40. The molecular formula is C7H7N3O2S. The Bertz CT molecular complexity index is 356. The molecule has 1 aromatic rings. The zero-order chi connectivity index (χ0) is 9.84. The Hall–Kier alpha value is -1.69. The first-order valence-electron chi connectivity index (χ1n) is 3.32. The van der Waals surface area contributed by atoms with Gasteiger partial charge in [0.2, 0.25) is 5.91 Å². The van der Waals surface area contributed by atoms with Crippen LogP contribution in [-0.4, -0.2) is 16.8 Å². The average Bonchev–Trinajstić information content (AvgIpc) is 2.50. The van der Waals surface area contributed by atoms with Crippen molar-refractivity contribution in [1.29, 1.82) is 0 Å². The van der Waals surface area contributed by atoms with Gasteiger partial charge >= 0.3 is 0 Å². The number of hydrogen-bond donors (Lipinski definition) is 2. The molecule has 4 N–H and O–H groups in total. The smallest absolute Gasteiger partial charge is 0.251 e. The molecule has 68 valence electrons. The van der Waals surface area contributed by atoms with Crippen LogP contribution in [0.5, 0.6) is 0 Å². The van der Waals surface area contributed by atoms with Gasteiger partial charge in [0.25, 0.3) is 5.91 Å². The predicted molar refractivity (Wildman–Crippen MR) is 48.5 cm³/mol. The minimum Gasteiger partial charge on any atom is -0.366 e. The number of carbonyl (C=O) groups excluding carboxylic acids is 2. The van der Waals surface area contributed by atoms with Crippen LogP contribution in [0.25, 0.3) is 5.57 Å². The molecule has 0 radical (unpaired) electrons. The third-order valence-corrected chi connectivity index (χ3v) is 2.02. The molecule has 1 aromatic heterocycles. The molecule has 0 aliphatic heterocycles. The highest BCUT2D eigenvalue weighted by Crippen LogP contribution is 2.15. The van der Waals surface area contributed by atoms with Gasteiger partial charge in [0, 0.05) is 17.7 Å². The minimum atomic E-state index is -0.719. The van der Waals surface area contributed by atoms with Gasteiger partial charge in [-0.1, -0.05) is 0 Å². The van der Waals surface area contributed by atoms with Crippen molar-refractivity contribution in [3.63, 3.8) is 0 Å². The number of primary amides is 2. The van der Waals surface area contributed by atoms with E-state index in [1.54, 1.807) is 5.38 Å². The molecule has 2 amide bonds. The first-order chi connectivity index (χ1) is 6.11. The number of amides is 2. The molecule has 0 spiro atoms. The number of nitrogens with zero attached hydrogens (tertiary/aromatic N) is 1. The Morgan fingerprint density at radius 2 is 2.15 bits per heavy atom. The summed E-state index contributed by atoms with van der Waals surface area (Å²) in [6.45, 7) is 0. The SMILES string of the molecule is NC(=O)/C=C(/C(N)=O)c1nccs1. The summed E-state index contributed by atoms with van der Waals surface area (Å²) in [5.74, 6) is -1.43. The molecule has 0 saturated heterocycles. The zero-order valence-corrected chi connectivity index (χ0v) is 7.38. The molecule has 6 heteroatoms. The van der Waals surface area contributed by atoms with Crippen LogP contribution in [-0.2, 0) is 9.59 Å². The summed E-state index contributed by atoms with van der Waals surface area (Å²) in [6.07, 6.45) is 2.49. The maximum atomic E-state index is 10.8. The molecule has 0 bridgehead atoms. The van der Waals surface area contributed by atoms with Gasteiger partial charge in [-0.05, 0) is 0 Å². The summed E-state index contributed by atoms with van der Waals surface area (Å²) in [6, 6.07) is 0. The summed E-state index contributed by atoms with van der Waals surface area (Å²) in [5, 5.41) is 2.07. The molecule has 0 fully saturated rings. The number of thiazole rings is 1. The molecule has 0 saturated carbocycles. The Morgan fingerprint density at radius 1 is 1.46 bits per heavy atom. The first-order valence-corrected chi connectivity index (χ1v) is 4.20. The van der Waals surface area contributed by atoms with Crippen molar-refractivity contribution in [2.24, 2.45) is 11.5 Å². The fraction of sp³-hybridized carbons (Fsp3) is 0. The molecule has 0 aliphatic carbocycles. The molecule has 0 aromatic carbocycles. The van der Waals surface area contributed by atoms with Crippen LogP contribution in [0.3, 0.4) is 0 Å². The van der Waals surface area contributed by atoms with Crippen LogP contribution in [0.1, 0.15) is 5.01 Å². The number of hydrogen-bond acceptors (Lipinski definition) is 4. The van der Waals surface area contributed by atoms with E-state index in [4.69, 9.17) is 11.5 Å². The normalized spacial score (nSPS) is 11.2. The van der Waals surface area contributed by atoms with Crippen molar-refractivity contribution < 1.29 is 9.59 Å². The lowest BCUT2D eigenvalue weighted by molar-refractivity contribution is -0.115. The lowest BCUT2D eigenvalue weighted by atomic mass is 10.2. The molecule has 0 atom stereocenters. The van der Waals surface area contributed by atoms with E-state index < -0.39 is 11.8 Å². The van der Waals surface area contributed by atoms with Crippen molar-refractivity contribution >= 4 is 28.7 Å². The van der Waals surface area contributed by atoms with E-state index in [0.29, 0.717) is 5.01 Å². The van der Waals surface area contributed by atoms with Crippen molar-refractivity contribution in [2.45, 2.75) is 0 Å². The monoisotopic (exact) mass is 197 g/mol. The summed E-state index contributed by atoms with van der Waals surface area (Å²) in [4.78, 5) is 25.2. The topological polar surface area (TPSA) is 99.1 Å². The van der Waals surface area contributed by atoms with Crippen LogP contribution in [0.4, 0.5) is 0 Å². The molecular weight excluding hydrogens is 190 g/mol. The van der Waals surface area contributed by atoms with Gasteiger partial charge in [-0.3, -0.25) is 9.59 Å². The van der Waals surface area contributed by atoms with Gasteiger partial charge in [0.1, 0.15) is 5.01 Å². The van der Waals surface area contributed by atoms with E-state index >= 15 is 0 Å². The van der Waals surface area contributed by atoms with Crippen molar-refractivity contribution in [3.05, 3.63) is 22.7 Å². The highest BCUT2D eigenvalue weighted by atomic mass is 32.1. The third kappa shape index (κ3) is 2.38. The predicted octanol–water partition coefficient (Wildman–Crippen LogP) is -0.503. The van der Waals surface area contributed by atoms with Crippen molar-refractivity contribution in [3.8, 4) is 0 Å². The summed E-state index contributed by atoms with van der Waals surface area (Å²) >= 11 is 1.21. The molecule has 1 rings (SSSR count). The Balaban J connectivity index is 3.08. The highest BCUT2D eigenvalue weighted by molar-refractivity contribution is 7.11. The molecule has 5 nitrogen and oxygen atoms in total. The van der Waals surface area contributed by atoms with Crippen LogP contribution in [0.15, 0.2) is 17.7 Å². The second kappa shape index (κ2) is 3.81. The molecule has 0 aliphatic rings. The maximum absolute atomic E-state index is 10.8. The first kappa shape index (κ1) is 9.40. The van der Waals surface area contributed by atoms with Gasteiger partial charge in [-0.2, -0.15) is 0 Å². The Labute approximate surface area is 78.1 Å². The van der Waals surface area contributed by atoms with Crippen LogP contribution >= 0.6 is 11.3 Å². The van der Waals surface area contributed by atoms with Crippen LogP contribution in [0.2, 0.25) is 0 Å². The second-order valence-corrected chi connectivity index (χ2v) is 3.06. The van der Waals surface area contributed by atoms with E-state index in [1.807, 2.05) is 0 Å². The van der Waals surface area contributed by atoms with E-state index in [0.717, 1.165) is 6.08 Å². The summed E-state index contributed by atoms with van der Waals surface area (Å²) in [5.41, 5.74) is 9.96. The molecule has 0 unspecified atom stereocenters. The zero-order valence-electron chi connectivity index (χ0n) is 6.56.